The Morgan fingerprint density at radius 1 is 1.02 bits per heavy atom. The van der Waals surface area contributed by atoms with Crippen LogP contribution in [-0.4, -0.2) is 96.2 Å². The summed E-state index contributed by atoms with van der Waals surface area (Å²) in [5.41, 5.74) is -1.35. The smallest absolute Gasteiger partial charge is 0.408 e. The summed E-state index contributed by atoms with van der Waals surface area (Å²) >= 11 is 0. The first-order valence-corrected chi connectivity index (χ1v) is 19.5. The normalized spacial score (nSPS) is 27.6. The van der Waals surface area contributed by atoms with Crippen LogP contribution >= 0.6 is 0 Å². The van der Waals surface area contributed by atoms with Crippen molar-refractivity contribution in [2.45, 2.75) is 113 Å². The number of nitrogens with zero attached hydrogens (tertiary/aromatic N) is 1. The number of hydrogen-bond donors (Lipinski definition) is 5. The molecule has 6 rings (SSSR count). The molecule has 2 aromatic rings. The number of sulfonamides is 1. The standard InChI is InChI=1S/C36H48N6O9S/c1-35(2,3)51-34(47)39-27-11-9-7-5-6-8-10-22-19-36(22,33(46)41-52(48,49)25-13-14-25)40-31(44)29-18-23(20-42(29)32(27)45)37-30(43)28-17-21-16-24(50-4)12-15-26(21)38-28/h8,10,12,15-17,22-23,25,27,29,38H,5-7,9,11,13-14,18-20H2,1-4H3,(H,37,43)(H,39,47)(H,40,44)(H,41,46)/b10-8-/t22-,23-,27+,29+,36-/m1/s1. The maximum absolute atomic E-state index is 14.3. The molecule has 1 aromatic heterocycles. The number of hydrogen-bond acceptors (Lipinski definition) is 9. The third kappa shape index (κ3) is 8.37. The summed E-state index contributed by atoms with van der Waals surface area (Å²) in [5, 5.41) is 8.59. The number of allylic oxidation sites excluding steroid dienone is 1. The van der Waals surface area contributed by atoms with Crippen LogP contribution in [0.4, 0.5) is 4.79 Å². The number of aromatic nitrogens is 1. The Labute approximate surface area is 303 Å². The van der Waals surface area contributed by atoms with E-state index in [9.17, 15) is 32.4 Å². The average Bonchev–Trinajstić information content (AvgIpc) is 3.96. The molecule has 52 heavy (non-hydrogen) atoms. The van der Waals surface area contributed by atoms with E-state index in [1.54, 1.807) is 52.1 Å². The van der Waals surface area contributed by atoms with E-state index in [0.29, 0.717) is 31.4 Å². The Morgan fingerprint density at radius 3 is 2.50 bits per heavy atom. The molecule has 5 amide bonds. The lowest BCUT2D eigenvalue weighted by atomic mass is 10.0. The Balaban J connectivity index is 1.27. The Morgan fingerprint density at radius 2 is 1.79 bits per heavy atom. The number of ether oxygens (including phenoxy) is 2. The van der Waals surface area contributed by atoms with Crippen LogP contribution in [0.25, 0.3) is 10.9 Å². The number of benzene rings is 1. The van der Waals surface area contributed by atoms with Crippen LogP contribution in [0, 0.1) is 5.92 Å². The molecule has 2 aliphatic carbocycles. The van der Waals surface area contributed by atoms with Crippen LogP contribution in [0.5, 0.6) is 5.75 Å². The van der Waals surface area contributed by atoms with E-state index in [1.807, 2.05) is 12.2 Å². The van der Waals surface area contributed by atoms with Gasteiger partial charge in [-0.1, -0.05) is 25.0 Å². The van der Waals surface area contributed by atoms with Crippen LogP contribution in [-0.2, 0) is 29.1 Å². The highest BCUT2D eigenvalue weighted by Gasteiger charge is 2.62. The van der Waals surface area contributed by atoms with Gasteiger partial charge in [-0.3, -0.25) is 23.9 Å². The highest BCUT2D eigenvalue weighted by atomic mass is 32.2. The van der Waals surface area contributed by atoms with Gasteiger partial charge in [-0.2, -0.15) is 0 Å². The van der Waals surface area contributed by atoms with Gasteiger partial charge in [0.15, 0.2) is 0 Å². The van der Waals surface area contributed by atoms with E-state index in [2.05, 4.69) is 25.7 Å². The molecule has 1 saturated heterocycles. The first kappa shape index (κ1) is 37.2. The van der Waals surface area contributed by atoms with Crippen molar-refractivity contribution in [2.75, 3.05) is 13.7 Å². The summed E-state index contributed by atoms with van der Waals surface area (Å²) < 4.78 is 38.5. The Bertz CT molecular complexity index is 1880. The zero-order valence-electron chi connectivity index (χ0n) is 30.0. The van der Waals surface area contributed by atoms with Crippen molar-refractivity contribution in [3.63, 3.8) is 0 Å². The molecule has 2 saturated carbocycles. The number of H-pyrrole nitrogens is 1. The number of rotatable bonds is 7. The quantitative estimate of drug-likeness (QED) is 0.265. The van der Waals surface area contributed by atoms with Crippen molar-refractivity contribution in [3.8, 4) is 5.75 Å². The van der Waals surface area contributed by atoms with E-state index in [4.69, 9.17) is 9.47 Å². The average molecular weight is 741 g/mol. The highest BCUT2D eigenvalue weighted by molar-refractivity contribution is 7.91. The lowest BCUT2D eigenvalue weighted by molar-refractivity contribution is -0.141. The monoisotopic (exact) mass is 740 g/mol. The molecule has 3 heterocycles. The van der Waals surface area contributed by atoms with E-state index in [1.165, 1.54) is 4.90 Å². The fourth-order valence-electron chi connectivity index (χ4n) is 6.98. The number of carbonyl (C=O) groups excluding carboxylic acids is 5. The minimum absolute atomic E-state index is 0.00903. The Kier molecular flexibility index (Phi) is 10.3. The van der Waals surface area contributed by atoms with Crippen LogP contribution < -0.4 is 25.4 Å². The molecule has 4 aliphatic rings. The summed E-state index contributed by atoms with van der Waals surface area (Å²) in [4.78, 5) is 73.0. The molecular formula is C36H48N6O9S. The van der Waals surface area contributed by atoms with E-state index >= 15 is 0 Å². The number of amides is 5. The molecule has 5 atom stereocenters. The molecule has 0 bridgehead atoms. The van der Waals surface area contributed by atoms with Crippen molar-refractivity contribution in [3.05, 3.63) is 42.1 Å². The fraction of sp³-hybridized carbons (Fsp3) is 0.583. The topological polar surface area (TPSA) is 205 Å². The maximum Gasteiger partial charge on any atom is 0.408 e. The van der Waals surface area contributed by atoms with Crippen LogP contribution in [0.2, 0.25) is 0 Å². The van der Waals surface area contributed by atoms with Gasteiger partial charge in [0.05, 0.1) is 12.4 Å². The van der Waals surface area contributed by atoms with Gasteiger partial charge >= 0.3 is 6.09 Å². The van der Waals surface area contributed by atoms with Crippen molar-refractivity contribution < 1.29 is 41.9 Å². The number of carbonyl (C=O) groups is 5. The molecule has 0 spiro atoms. The predicted octanol–water partition coefficient (Wildman–Crippen LogP) is 2.77. The fourth-order valence-corrected chi connectivity index (χ4v) is 8.34. The number of aromatic amines is 1. The second-order valence-corrected chi connectivity index (χ2v) is 17.2. The molecule has 5 N–H and O–H groups in total. The SMILES string of the molecule is COc1ccc2[nH]c(C(=O)N[C@@H]3C[C@H]4C(=O)N[C@]5(C(=O)NS(=O)(=O)C6CC6)C[C@H]5/C=C\CCCCC[C@H](NC(=O)OC(C)(C)C)C(=O)N4C3)cc2c1. The maximum atomic E-state index is 14.3. The molecule has 16 heteroatoms. The second kappa shape index (κ2) is 14.4. The molecule has 0 unspecified atom stereocenters. The molecule has 15 nitrogen and oxygen atoms in total. The van der Waals surface area contributed by atoms with Gasteiger partial charge in [-0.05, 0) is 90.0 Å². The van der Waals surface area contributed by atoms with Crippen molar-refractivity contribution in [2.24, 2.45) is 5.92 Å². The molecule has 0 radical (unpaired) electrons. The lowest BCUT2D eigenvalue weighted by Gasteiger charge is -2.30. The first-order chi connectivity index (χ1) is 24.6. The number of nitrogens with one attached hydrogen (secondary N) is 5. The first-order valence-electron chi connectivity index (χ1n) is 17.9. The van der Waals surface area contributed by atoms with Crippen molar-refractivity contribution in [1.82, 2.24) is 30.6 Å². The lowest BCUT2D eigenvalue weighted by Crippen LogP contribution is -2.58. The van der Waals surface area contributed by atoms with Gasteiger partial charge in [0, 0.05) is 29.4 Å². The zero-order valence-corrected chi connectivity index (χ0v) is 30.8. The van der Waals surface area contributed by atoms with Gasteiger partial charge in [0.1, 0.15) is 34.7 Å². The van der Waals surface area contributed by atoms with Crippen molar-refractivity contribution >= 4 is 50.6 Å². The van der Waals surface area contributed by atoms with E-state index in [0.717, 1.165) is 23.7 Å². The van der Waals surface area contributed by atoms with Gasteiger partial charge in [0.25, 0.3) is 11.8 Å². The minimum atomic E-state index is -3.90. The van der Waals surface area contributed by atoms with Gasteiger partial charge in [-0.25, -0.2) is 13.2 Å². The summed E-state index contributed by atoms with van der Waals surface area (Å²) in [6.45, 7) is 5.08. The largest absolute Gasteiger partial charge is 0.497 e. The molecular weight excluding hydrogens is 692 g/mol. The number of alkyl carbamates (subject to hydrolysis) is 1. The number of fused-ring (bicyclic) bond motifs is 3. The van der Waals surface area contributed by atoms with Gasteiger partial charge < -0.3 is 35.3 Å². The van der Waals surface area contributed by atoms with Gasteiger partial charge in [-0.15, -0.1) is 0 Å². The summed E-state index contributed by atoms with van der Waals surface area (Å²) in [5.74, 6) is -2.28. The predicted molar refractivity (Wildman–Crippen MR) is 191 cm³/mol. The van der Waals surface area contributed by atoms with Crippen LogP contribution in [0.3, 0.4) is 0 Å². The third-order valence-electron chi connectivity index (χ3n) is 9.98. The van der Waals surface area contributed by atoms with Crippen molar-refractivity contribution in [1.29, 1.82) is 0 Å². The third-order valence-corrected chi connectivity index (χ3v) is 11.8. The molecule has 282 valence electrons. The number of methoxy groups -OCH3 is 1. The summed E-state index contributed by atoms with van der Waals surface area (Å²) in [7, 11) is -2.35. The molecule has 1 aromatic carbocycles. The summed E-state index contributed by atoms with van der Waals surface area (Å²) in [6.07, 6.45) is 7.20. The molecule has 2 aliphatic heterocycles. The van der Waals surface area contributed by atoms with E-state index in [-0.39, 0.29) is 31.5 Å². The van der Waals surface area contributed by atoms with Crippen LogP contribution in [0.15, 0.2) is 36.4 Å². The Hall–Kier alpha value is -4.60. The molecule has 3 fully saturated rings. The summed E-state index contributed by atoms with van der Waals surface area (Å²) in [6, 6.07) is 4.18. The van der Waals surface area contributed by atoms with Gasteiger partial charge in [0.2, 0.25) is 21.8 Å². The second-order valence-electron chi connectivity index (χ2n) is 15.3. The highest BCUT2D eigenvalue weighted by Crippen LogP contribution is 2.46. The van der Waals surface area contributed by atoms with Crippen LogP contribution in [0.1, 0.15) is 89.0 Å². The van der Waals surface area contributed by atoms with E-state index < -0.39 is 80.2 Å². The zero-order chi connectivity index (χ0) is 37.4. The minimum Gasteiger partial charge on any atom is -0.497 e.